The van der Waals surface area contributed by atoms with Crippen LogP contribution in [0, 0.1) is 5.92 Å². The molecule has 4 nitrogen and oxygen atoms in total. The molecule has 0 aliphatic heterocycles. The van der Waals surface area contributed by atoms with Crippen LogP contribution in [0.2, 0.25) is 0 Å². The summed E-state index contributed by atoms with van der Waals surface area (Å²) in [6.45, 7) is 3.60. The normalized spacial score (nSPS) is 11.3. The Balaban J connectivity index is 0. The monoisotopic (exact) mass is 252 g/mol. The first kappa shape index (κ1) is 19.0. The van der Waals surface area contributed by atoms with E-state index in [1.54, 1.807) is 0 Å². The average Bonchev–Trinajstić information content (AvgIpc) is 2.20. The minimum absolute atomic E-state index is 0. The molecule has 0 radical (unpaired) electrons. The molecule has 1 atom stereocenters. The molecule has 0 bridgehead atoms. The van der Waals surface area contributed by atoms with Crippen molar-refractivity contribution in [1.82, 2.24) is 0 Å². The quantitative estimate of drug-likeness (QED) is 0.354. The third-order valence-electron chi connectivity index (χ3n) is 2.50. The number of carbonyl (C=O) groups is 2. The van der Waals surface area contributed by atoms with Gasteiger partial charge >= 0.3 is 41.5 Å². The van der Waals surface area contributed by atoms with Gasteiger partial charge in [0.25, 0.3) is 0 Å². The number of carboxylic acids is 2. The molecule has 0 aromatic rings. The number of rotatable bonds is 10. The molecule has 5 heteroatoms. The summed E-state index contributed by atoms with van der Waals surface area (Å²) < 4.78 is 0. The first-order valence-electron chi connectivity index (χ1n) is 5.63. The fourth-order valence-corrected chi connectivity index (χ4v) is 1.57. The zero-order chi connectivity index (χ0) is 12.4. The molecule has 0 saturated heterocycles. The van der Waals surface area contributed by atoms with Crippen LogP contribution in [0.25, 0.3) is 0 Å². The van der Waals surface area contributed by atoms with E-state index in [0.29, 0.717) is 19.3 Å². The Morgan fingerprint density at radius 1 is 1.12 bits per heavy atom. The van der Waals surface area contributed by atoms with E-state index < -0.39 is 17.9 Å². The number of hydrogen-bond donors (Lipinski definition) is 2. The van der Waals surface area contributed by atoms with E-state index >= 15 is 0 Å². The Kier molecular flexibility index (Phi) is 13.6. The molecule has 1 unspecified atom stereocenters. The summed E-state index contributed by atoms with van der Waals surface area (Å²) in [5.74, 6) is -2.08. The zero-order valence-corrected chi connectivity index (χ0v) is 9.52. The standard InChI is InChI=1S/C12H20O4.Na.H/c1-2-3-4-5-7-10(12(15)16)8-6-9-11(13)14;;/h2,10H,1,3-9H2,(H,13,14)(H,15,16);;. The second-order valence-electron chi connectivity index (χ2n) is 3.89. The second kappa shape index (κ2) is 12.1. The van der Waals surface area contributed by atoms with Crippen LogP contribution < -0.4 is 0 Å². The van der Waals surface area contributed by atoms with Crippen molar-refractivity contribution in [2.45, 2.75) is 44.9 Å². The Bertz CT molecular complexity index is 241. The number of aliphatic carboxylic acids is 2. The summed E-state index contributed by atoms with van der Waals surface area (Å²) in [4.78, 5) is 21.2. The van der Waals surface area contributed by atoms with Gasteiger partial charge in [0.15, 0.2) is 0 Å². The van der Waals surface area contributed by atoms with Crippen molar-refractivity contribution in [2.24, 2.45) is 5.92 Å². The summed E-state index contributed by atoms with van der Waals surface area (Å²) in [6, 6.07) is 0. The molecule has 2 N–H and O–H groups in total. The molecule has 94 valence electrons. The Hall–Kier alpha value is -0.320. The van der Waals surface area contributed by atoms with Crippen molar-refractivity contribution in [2.75, 3.05) is 0 Å². The molecule has 0 amide bonds. The van der Waals surface area contributed by atoms with Gasteiger partial charge in [0, 0.05) is 6.42 Å². The zero-order valence-electron chi connectivity index (χ0n) is 9.52. The third kappa shape index (κ3) is 11.9. The maximum atomic E-state index is 10.9. The van der Waals surface area contributed by atoms with Crippen molar-refractivity contribution in [3.63, 3.8) is 0 Å². The predicted octanol–water partition coefficient (Wildman–Crippen LogP) is 2.04. The van der Waals surface area contributed by atoms with Crippen LogP contribution in [-0.4, -0.2) is 51.7 Å². The van der Waals surface area contributed by atoms with Gasteiger partial charge in [0.05, 0.1) is 5.92 Å². The topological polar surface area (TPSA) is 74.6 Å². The first-order valence-corrected chi connectivity index (χ1v) is 5.63. The summed E-state index contributed by atoms with van der Waals surface area (Å²) in [5, 5.41) is 17.4. The van der Waals surface area contributed by atoms with Crippen molar-refractivity contribution in [3.8, 4) is 0 Å². The maximum absolute atomic E-state index is 10.9. The van der Waals surface area contributed by atoms with Gasteiger partial charge in [-0.1, -0.05) is 12.5 Å². The number of hydrogen-bond acceptors (Lipinski definition) is 2. The van der Waals surface area contributed by atoms with Crippen LogP contribution in [0.5, 0.6) is 0 Å². The molecular formula is C12H21NaO4. The first-order chi connectivity index (χ1) is 7.57. The van der Waals surface area contributed by atoms with E-state index in [1.165, 1.54) is 0 Å². The van der Waals surface area contributed by atoms with Gasteiger partial charge in [-0.05, 0) is 32.1 Å². The van der Waals surface area contributed by atoms with Crippen LogP contribution >= 0.6 is 0 Å². The van der Waals surface area contributed by atoms with E-state index in [9.17, 15) is 9.59 Å². The van der Waals surface area contributed by atoms with Gasteiger partial charge in [-0.2, -0.15) is 0 Å². The SMILES string of the molecule is C=CCCCCC(CCCC(=O)O)C(=O)O.[NaH]. The van der Waals surface area contributed by atoms with E-state index in [2.05, 4.69) is 6.58 Å². The van der Waals surface area contributed by atoms with Crippen molar-refractivity contribution in [1.29, 1.82) is 0 Å². The molecule has 0 rings (SSSR count). The van der Waals surface area contributed by atoms with Crippen LogP contribution in [0.3, 0.4) is 0 Å². The van der Waals surface area contributed by atoms with Gasteiger partial charge in [-0.25, -0.2) is 0 Å². The Labute approximate surface area is 124 Å². The summed E-state index contributed by atoms with van der Waals surface area (Å²) >= 11 is 0. The number of carboxylic acid groups (broad SMARTS) is 2. The minimum atomic E-state index is -0.865. The average molecular weight is 252 g/mol. The molecule has 0 spiro atoms. The van der Waals surface area contributed by atoms with E-state index in [4.69, 9.17) is 10.2 Å². The molecular weight excluding hydrogens is 231 g/mol. The van der Waals surface area contributed by atoms with E-state index in [1.807, 2.05) is 6.08 Å². The van der Waals surface area contributed by atoms with Gasteiger partial charge in [0.2, 0.25) is 0 Å². The van der Waals surface area contributed by atoms with Crippen LogP contribution in [0.4, 0.5) is 0 Å². The van der Waals surface area contributed by atoms with Gasteiger partial charge in [-0.3, -0.25) is 9.59 Å². The van der Waals surface area contributed by atoms with Crippen LogP contribution in [0.15, 0.2) is 12.7 Å². The summed E-state index contributed by atoms with van der Waals surface area (Å²) in [7, 11) is 0. The summed E-state index contributed by atoms with van der Waals surface area (Å²) in [6.07, 6.45) is 6.10. The summed E-state index contributed by atoms with van der Waals surface area (Å²) in [5.41, 5.74) is 0. The molecule has 0 aromatic heterocycles. The van der Waals surface area contributed by atoms with Crippen molar-refractivity contribution < 1.29 is 19.8 Å². The van der Waals surface area contributed by atoms with Gasteiger partial charge in [0.1, 0.15) is 0 Å². The van der Waals surface area contributed by atoms with Crippen LogP contribution in [0.1, 0.15) is 44.9 Å². The van der Waals surface area contributed by atoms with E-state index in [-0.39, 0.29) is 36.0 Å². The number of allylic oxidation sites excluding steroid dienone is 1. The predicted molar refractivity (Wildman–Crippen MR) is 68.4 cm³/mol. The van der Waals surface area contributed by atoms with Crippen LogP contribution in [-0.2, 0) is 9.59 Å². The number of unbranched alkanes of at least 4 members (excludes halogenated alkanes) is 2. The van der Waals surface area contributed by atoms with Gasteiger partial charge in [-0.15, -0.1) is 6.58 Å². The second-order valence-corrected chi connectivity index (χ2v) is 3.89. The van der Waals surface area contributed by atoms with E-state index in [0.717, 1.165) is 19.3 Å². The fourth-order valence-electron chi connectivity index (χ4n) is 1.57. The molecule has 0 aliphatic carbocycles. The molecule has 0 aromatic carbocycles. The molecule has 0 fully saturated rings. The Morgan fingerprint density at radius 2 is 1.71 bits per heavy atom. The third-order valence-corrected chi connectivity index (χ3v) is 2.50. The van der Waals surface area contributed by atoms with Crippen molar-refractivity contribution in [3.05, 3.63) is 12.7 Å². The molecule has 0 heterocycles. The van der Waals surface area contributed by atoms with Gasteiger partial charge < -0.3 is 10.2 Å². The molecule has 0 saturated carbocycles. The molecule has 17 heavy (non-hydrogen) atoms. The molecule has 0 aliphatic rings. The van der Waals surface area contributed by atoms with Crippen molar-refractivity contribution >= 4 is 41.5 Å². The Morgan fingerprint density at radius 3 is 2.18 bits per heavy atom. The fraction of sp³-hybridized carbons (Fsp3) is 0.667.